The summed E-state index contributed by atoms with van der Waals surface area (Å²) < 4.78 is 12.2. The molecular formula is C25H24BrN3O4S. The summed E-state index contributed by atoms with van der Waals surface area (Å²) >= 11 is 5.01. The number of amidine groups is 1. The van der Waals surface area contributed by atoms with Crippen LogP contribution in [0.4, 0.5) is 5.69 Å². The summed E-state index contributed by atoms with van der Waals surface area (Å²) in [4.78, 5) is 32.0. The molecule has 0 aromatic heterocycles. The normalized spacial score (nSPS) is 16.8. The molecule has 9 heteroatoms. The molecule has 176 valence electrons. The van der Waals surface area contributed by atoms with Crippen LogP contribution in [-0.4, -0.2) is 35.2 Å². The van der Waals surface area contributed by atoms with Gasteiger partial charge in [-0.2, -0.15) is 0 Å². The van der Waals surface area contributed by atoms with Crippen LogP contribution in [0.3, 0.4) is 0 Å². The summed E-state index contributed by atoms with van der Waals surface area (Å²) in [6, 6.07) is 12.6. The summed E-state index contributed by atoms with van der Waals surface area (Å²) in [6.07, 6.45) is 1.88. The van der Waals surface area contributed by atoms with Gasteiger partial charge in [0, 0.05) is 21.9 Å². The Labute approximate surface area is 211 Å². The van der Waals surface area contributed by atoms with Gasteiger partial charge < -0.3 is 19.7 Å². The molecule has 2 aliphatic heterocycles. The molecule has 1 atom stereocenters. The predicted octanol–water partition coefficient (Wildman–Crippen LogP) is 5.54. The number of nitrogens with one attached hydrogen (secondary N) is 1. The van der Waals surface area contributed by atoms with Gasteiger partial charge in [-0.25, -0.2) is 9.79 Å². The minimum absolute atomic E-state index is 0.182. The van der Waals surface area contributed by atoms with Crippen molar-refractivity contribution in [3.63, 3.8) is 0 Å². The molecule has 0 unspecified atom stereocenters. The first-order chi connectivity index (χ1) is 16.4. The van der Waals surface area contributed by atoms with Crippen LogP contribution >= 0.6 is 27.7 Å². The van der Waals surface area contributed by atoms with E-state index in [0.29, 0.717) is 22.7 Å². The van der Waals surface area contributed by atoms with E-state index in [9.17, 15) is 9.59 Å². The van der Waals surface area contributed by atoms with Crippen LogP contribution < -0.4 is 10.1 Å². The fourth-order valence-electron chi connectivity index (χ4n) is 3.80. The van der Waals surface area contributed by atoms with Crippen molar-refractivity contribution in [2.24, 2.45) is 4.99 Å². The van der Waals surface area contributed by atoms with Gasteiger partial charge in [-0.1, -0.05) is 39.8 Å². The number of esters is 1. The van der Waals surface area contributed by atoms with Crippen molar-refractivity contribution in [3.8, 4) is 5.75 Å². The number of fused-ring (bicyclic) bond motifs is 1. The summed E-state index contributed by atoms with van der Waals surface area (Å²) in [6.45, 7) is 5.61. The van der Waals surface area contributed by atoms with E-state index in [1.54, 1.807) is 19.9 Å². The highest BCUT2D eigenvalue weighted by molar-refractivity contribution is 9.10. The Hall–Kier alpha value is -3.04. The maximum atomic E-state index is 13.0. The second-order valence-electron chi connectivity index (χ2n) is 7.72. The Kier molecular flexibility index (Phi) is 7.43. The number of amides is 1. The van der Waals surface area contributed by atoms with Crippen LogP contribution in [0.1, 0.15) is 31.0 Å². The van der Waals surface area contributed by atoms with Gasteiger partial charge in [0.15, 0.2) is 11.8 Å². The van der Waals surface area contributed by atoms with Gasteiger partial charge in [0.2, 0.25) is 0 Å². The summed E-state index contributed by atoms with van der Waals surface area (Å²) in [7, 11) is 0. The largest absolute Gasteiger partial charge is 0.483 e. The molecule has 2 aromatic carbocycles. The molecule has 0 fully saturated rings. The lowest BCUT2D eigenvalue weighted by Gasteiger charge is -2.34. The molecule has 7 nitrogen and oxygen atoms in total. The van der Waals surface area contributed by atoms with Crippen molar-refractivity contribution >= 4 is 50.4 Å². The van der Waals surface area contributed by atoms with Crippen molar-refractivity contribution in [2.45, 2.75) is 26.8 Å². The molecule has 1 amide bonds. The number of aryl methyl sites for hydroxylation is 1. The zero-order valence-electron chi connectivity index (χ0n) is 19.0. The van der Waals surface area contributed by atoms with E-state index >= 15 is 0 Å². The Morgan fingerprint density at radius 3 is 2.79 bits per heavy atom. The maximum Gasteiger partial charge on any atom is 0.338 e. The van der Waals surface area contributed by atoms with E-state index in [4.69, 9.17) is 9.47 Å². The fraction of sp³-hybridized carbons (Fsp3) is 0.240. The van der Waals surface area contributed by atoms with Gasteiger partial charge >= 0.3 is 5.97 Å². The molecule has 1 N–H and O–H groups in total. The number of halogens is 1. The Morgan fingerprint density at radius 1 is 1.21 bits per heavy atom. The average molecular weight is 542 g/mol. The monoisotopic (exact) mass is 541 g/mol. The van der Waals surface area contributed by atoms with Crippen molar-refractivity contribution in [2.75, 3.05) is 18.5 Å². The van der Waals surface area contributed by atoms with Crippen molar-refractivity contribution < 1.29 is 19.1 Å². The van der Waals surface area contributed by atoms with Crippen molar-refractivity contribution in [3.05, 3.63) is 80.9 Å². The second-order valence-corrected chi connectivity index (χ2v) is 9.50. The molecule has 4 rings (SSSR count). The number of rotatable bonds is 7. The van der Waals surface area contributed by atoms with Crippen LogP contribution in [0, 0.1) is 6.92 Å². The lowest BCUT2D eigenvalue weighted by molar-refractivity contribution is -0.139. The number of hydrogen-bond acceptors (Lipinski definition) is 7. The molecule has 0 saturated carbocycles. The van der Waals surface area contributed by atoms with Gasteiger partial charge in [0.25, 0.3) is 5.91 Å². The number of hydrogen-bond donors (Lipinski definition) is 1. The van der Waals surface area contributed by atoms with E-state index < -0.39 is 12.0 Å². The Morgan fingerprint density at radius 2 is 2.03 bits per heavy atom. The van der Waals surface area contributed by atoms with Gasteiger partial charge in [-0.15, -0.1) is 0 Å². The van der Waals surface area contributed by atoms with Crippen LogP contribution in [0.25, 0.3) is 0 Å². The second kappa shape index (κ2) is 10.5. The highest BCUT2D eigenvalue weighted by atomic mass is 79.9. The van der Waals surface area contributed by atoms with E-state index in [2.05, 4.69) is 26.2 Å². The number of ether oxygens (including phenoxy) is 2. The van der Waals surface area contributed by atoms with Crippen LogP contribution in [0.5, 0.6) is 5.75 Å². The third-order valence-electron chi connectivity index (χ3n) is 5.24. The first-order valence-corrected chi connectivity index (χ1v) is 12.4. The molecular weight excluding hydrogens is 518 g/mol. The number of anilines is 1. The maximum absolute atomic E-state index is 13.0. The first-order valence-electron chi connectivity index (χ1n) is 10.7. The molecule has 0 saturated heterocycles. The van der Waals surface area contributed by atoms with Crippen LogP contribution in [-0.2, 0) is 14.3 Å². The van der Waals surface area contributed by atoms with Crippen molar-refractivity contribution in [1.29, 1.82) is 0 Å². The summed E-state index contributed by atoms with van der Waals surface area (Å²) in [5.41, 5.74) is 3.51. The molecule has 2 aliphatic rings. The molecule has 34 heavy (non-hydrogen) atoms. The summed E-state index contributed by atoms with van der Waals surface area (Å²) in [5, 5.41) is 5.53. The van der Waals surface area contributed by atoms with Crippen LogP contribution in [0.2, 0.25) is 0 Å². The number of allylic oxidation sites excluding steroid dienone is 1. The minimum atomic E-state index is -0.509. The van der Waals surface area contributed by atoms with E-state index in [1.165, 1.54) is 11.8 Å². The minimum Gasteiger partial charge on any atom is -0.483 e. The van der Waals surface area contributed by atoms with E-state index in [1.807, 2.05) is 59.8 Å². The third kappa shape index (κ3) is 5.20. The lowest BCUT2D eigenvalue weighted by atomic mass is 9.94. The Bertz CT molecular complexity index is 1220. The third-order valence-corrected chi connectivity index (χ3v) is 6.51. The number of carbonyl (C=O) groups excluding carboxylic acids is 2. The van der Waals surface area contributed by atoms with Gasteiger partial charge in [0.05, 0.1) is 23.9 Å². The van der Waals surface area contributed by atoms with Crippen molar-refractivity contribution in [1.82, 2.24) is 4.90 Å². The smallest absolute Gasteiger partial charge is 0.338 e. The van der Waals surface area contributed by atoms with Gasteiger partial charge in [-0.3, -0.25) is 4.79 Å². The fourth-order valence-corrected chi connectivity index (χ4v) is 4.97. The van der Waals surface area contributed by atoms with Gasteiger partial charge in [0.1, 0.15) is 5.75 Å². The lowest BCUT2D eigenvalue weighted by Crippen LogP contribution is -2.34. The highest BCUT2D eigenvalue weighted by Crippen LogP contribution is 2.44. The number of benzene rings is 2. The molecule has 2 heterocycles. The molecule has 2 aromatic rings. The number of nitrogens with zero attached hydrogens (tertiary/aromatic N) is 2. The molecule has 0 bridgehead atoms. The van der Waals surface area contributed by atoms with Crippen LogP contribution in [0.15, 0.2) is 74.8 Å². The summed E-state index contributed by atoms with van der Waals surface area (Å²) in [5.74, 6) is -0.214. The zero-order valence-corrected chi connectivity index (χ0v) is 21.4. The number of aliphatic imine (C=N–C) groups is 1. The van der Waals surface area contributed by atoms with E-state index in [0.717, 1.165) is 20.8 Å². The quantitative estimate of drug-likeness (QED) is 0.463. The SMILES string of the molecule is CCOC(=O)C1=C(C)N=C2SC=CN2[C@@H]1c1cc(Br)ccc1OCC(=O)Nc1cccc(C)c1. The molecule has 0 radical (unpaired) electrons. The Balaban J connectivity index is 1.64. The first kappa shape index (κ1) is 24.1. The van der Waals surface area contributed by atoms with E-state index in [-0.39, 0.29) is 19.1 Å². The zero-order chi connectivity index (χ0) is 24.2. The predicted molar refractivity (Wildman–Crippen MR) is 138 cm³/mol. The highest BCUT2D eigenvalue weighted by Gasteiger charge is 2.39. The van der Waals surface area contributed by atoms with Gasteiger partial charge in [-0.05, 0) is 62.1 Å². The number of carbonyl (C=O) groups is 2. The molecule has 0 aliphatic carbocycles. The molecule has 0 spiro atoms. The standard InChI is InChI=1S/C25H24BrN3O4S/c1-4-32-24(31)22-16(3)27-25-29(10-11-34-25)23(22)19-13-17(26)8-9-20(19)33-14-21(30)28-18-7-5-6-15(2)12-18/h5-13,23H,4,14H2,1-3H3,(H,28,30)/t23-/m1/s1. The average Bonchev–Trinajstić information content (AvgIpc) is 3.25. The number of thioether (sulfide) groups is 1. The topological polar surface area (TPSA) is 80.2 Å².